The minimum absolute atomic E-state index is 0.0214. The lowest BCUT2D eigenvalue weighted by Gasteiger charge is -2.14. The van der Waals surface area contributed by atoms with Crippen LogP contribution in [0.1, 0.15) is 57.1 Å². The maximum atomic E-state index is 15.6. The Morgan fingerprint density at radius 1 is 0.414 bits per heavy atom. The first-order valence-electron chi connectivity index (χ1n) is 17.7. The normalized spacial score (nSPS) is 11.2. The summed E-state index contributed by atoms with van der Waals surface area (Å²) in [7, 11) is 0. The third-order valence-electron chi connectivity index (χ3n) is 9.67. The summed E-state index contributed by atoms with van der Waals surface area (Å²) in [5, 5.41) is 0. The van der Waals surface area contributed by atoms with E-state index < -0.39 is 93.2 Å². The summed E-state index contributed by atoms with van der Waals surface area (Å²) in [5.74, 6) is -13.6. The predicted molar refractivity (Wildman–Crippen MR) is 202 cm³/mol. The van der Waals surface area contributed by atoms with Crippen LogP contribution in [0.2, 0.25) is 0 Å². The maximum absolute atomic E-state index is 15.6. The van der Waals surface area contributed by atoms with E-state index in [1.165, 1.54) is 86.9 Å². The lowest BCUT2D eigenvalue weighted by atomic mass is 9.93. The van der Waals surface area contributed by atoms with Crippen molar-refractivity contribution in [3.8, 4) is 44.5 Å². The number of pyridine rings is 2. The first-order chi connectivity index (χ1) is 27.7. The Morgan fingerprint density at radius 2 is 0.707 bits per heavy atom. The van der Waals surface area contributed by atoms with Crippen LogP contribution in [-0.2, 0) is 12.8 Å². The zero-order chi connectivity index (χ0) is 41.4. The van der Waals surface area contributed by atoms with Crippen LogP contribution >= 0.6 is 0 Å². The minimum atomic E-state index is -1.61. The summed E-state index contributed by atoms with van der Waals surface area (Å²) in [5.41, 5.74) is -1.73. The van der Waals surface area contributed by atoms with Gasteiger partial charge in [0.25, 0.3) is 0 Å². The van der Waals surface area contributed by atoms with Gasteiger partial charge in [0.1, 0.15) is 11.4 Å². The molecule has 12 heteroatoms. The molecule has 0 aliphatic carbocycles. The van der Waals surface area contributed by atoms with E-state index in [-0.39, 0.29) is 33.6 Å². The number of aromatic nitrogens is 2. The van der Waals surface area contributed by atoms with E-state index in [0.717, 1.165) is 0 Å². The molecule has 0 saturated carbocycles. The van der Waals surface area contributed by atoms with Crippen molar-refractivity contribution in [2.75, 3.05) is 0 Å². The van der Waals surface area contributed by atoms with Crippen molar-refractivity contribution in [2.45, 2.75) is 26.7 Å². The molecule has 58 heavy (non-hydrogen) atoms. The molecule has 0 atom stereocenters. The molecular formula is C46H28F8N2O2. The number of carbonyl (C=O) groups excluding carboxylic acids is 2. The Hall–Kier alpha value is -6.82. The number of Topliss-reactive ketones (excluding diaryl/α,β-unsaturated/α-hetero) is 2. The fraction of sp³-hybridized carbons (Fsp3) is 0.0870. The lowest BCUT2D eigenvalue weighted by molar-refractivity contribution is 0.100. The van der Waals surface area contributed by atoms with E-state index in [1.54, 1.807) is 36.4 Å². The van der Waals surface area contributed by atoms with Crippen LogP contribution in [0.4, 0.5) is 35.1 Å². The van der Waals surface area contributed by atoms with E-state index >= 15 is 35.1 Å². The first kappa shape index (κ1) is 39.4. The topological polar surface area (TPSA) is 59.9 Å². The number of nitrogens with zero attached hydrogens (tertiary/aromatic N) is 2. The molecular weight excluding hydrogens is 765 g/mol. The quantitative estimate of drug-likeness (QED) is 0.0786. The maximum Gasteiger partial charge on any atom is 0.178 e. The van der Waals surface area contributed by atoms with Crippen molar-refractivity contribution in [1.82, 2.24) is 9.97 Å². The SMILES string of the molecule is CC(=O)c1cc(Cc2c(F)c(F)c(-c3cccc(-c4cccc(-c5cccc(-c6c(F)c(F)c(Cc7ccnc(C(C)=O)c7)c(F)c6F)c5)c4)c3)c(F)c2F)ccn1. The second-order valence-electron chi connectivity index (χ2n) is 13.5. The highest BCUT2D eigenvalue weighted by atomic mass is 19.2. The molecule has 0 fully saturated rings. The van der Waals surface area contributed by atoms with Gasteiger partial charge in [-0.15, -0.1) is 0 Å². The average molecular weight is 793 g/mol. The zero-order valence-electron chi connectivity index (χ0n) is 30.5. The monoisotopic (exact) mass is 792 g/mol. The van der Waals surface area contributed by atoms with E-state index in [9.17, 15) is 9.59 Å². The number of rotatable bonds is 10. The van der Waals surface area contributed by atoms with Crippen molar-refractivity contribution in [3.63, 3.8) is 0 Å². The first-order valence-corrected chi connectivity index (χ1v) is 17.7. The molecule has 5 aromatic carbocycles. The van der Waals surface area contributed by atoms with Crippen molar-refractivity contribution in [1.29, 1.82) is 0 Å². The van der Waals surface area contributed by atoms with Crippen LogP contribution in [0.15, 0.2) is 109 Å². The number of hydrogen-bond donors (Lipinski definition) is 0. The number of benzene rings is 5. The number of ketones is 2. The van der Waals surface area contributed by atoms with E-state index in [4.69, 9.17) is 0 Å². The van der Waals surface area contributed by atoms with Gasteiger partial charge in [-0.3, -0.25) is 19.6 Å². The minimum Gasteiger partial charge on any atom is -0.293 e. The highest BCUT2D eigenvalue weighted by Gasteiger charge is 2.28. The van der Waals surface area contributed by atoms with Gasteiger partial charge in [0.2, 0.25) is 0 Å². The van der Waals surface area contributed by atoms with Gasteiger partial charge >= 0.3 is 0 Å². The van der Waals surface area contributed by atoms with Crippen LogP contribution in [-0.4, -0.2) is 21.5 Å². The molecule has 0 saturated heterocycles. The van der Waals surface area contributed by atoms with Crippen LogP contribution in [0.25, 0.3) is 44.5 Å². The number of halogens is 8. The van der Waals surface area contributed by atoms with Crippen molar-refractivity contribution in [3.05, 3.63) is 190 Å². The molecule has 0 amide bonds. The van der Waals surface area contributed by atoms with Gasteiger partial charge in [0.05, 0.1) is 11.1 Å². The third-order valence-corrected chi connectivity index (χ3v) is 9.67. The number of hydrogen-bond acceptors (Lipinski definition) is 4. The largest absolute Gasteiger partial charge is 0.293 e. The molecule has 7 rings (SSSR count). The standard InChI is InChI=1S/C46H28F8N2O2/c1-23(57)35-18-25(12-14-55-35)16-33-39(47)43(51)37(44(52)40(33)48)31-10-4-8-29(21-31)27-6-3-7-28(20-27)30-9-5-11-32(22-30)38-45(53)41(49)34(42(50)46(38)54)17-26-13-15-56-36(19-26)24(2)58/h3-15,18-22H,16-17H2,1-2H3. The van der Waals surface area contributed by atoms with Gasteiger partial charge in [0.15, 0.2) is 58.1 Å². The Kier molecular flexibility index (Phi) is 10.9. The van der Waals surface area contributed by atoms with Crippen molar-refractivity contribution < 1.29 is 44.7 Å². The molecule has 0 aliphatic heterocycles. The van der Waals surface area contributed by atoms with Gasteiger partial charge in [-0.1, -0.05) is 54.6 Å². The van der Waals surface area contributed by atoms with Crippen LogP contribution in [0.3, 0.4) is 0 Å². The second kappa shape index (κ2) is 16.0. The molecule has 2 heterocycles. The lowest BCUT2D eigenvalue weighted by Crippen LogP contribution is -2.08. The van der Waals surface area contributed by atoms with Crippen molar-refractivity contribution >= 4 is 11.6 Å². The Morgan fingerprint density at radius 3 is 1.02 bits per heavy atom. The van der Waals surface area contributed by atoms with Gasteiger partial charge in [-0.25, -0.2) is 35.1 Å². The molecule has 4 nitrogen and oxygen atoms in total. The summed E-state index contributed by atoms with van der Waals surface area (Å²) in [6.45, 7) is 2.50. The number of carbonyl (C=O) groups is 2. The highest BCUT2D eigenvalue weighted by Crippen LogP contribution is 2.38. The smallest absolute Gasteiger partial charge is 0.178 e. The Bertz CT molecular complexity index is 2560. The Balaban J connectivity index is 1.20. The predicted octanol–water partition coefficient (Wildman–Crippen LogP) is 11.8. The Labute approximate surface area is 326 Å². The van der Waals surface area contributed by atoms with Gasteiger partial charge in [0, 0.05) is 50.2 Å². The van der Waals surface area contributed by atoms with Crippen LogP contribution < -0.4 is 0 Å². The molecule has 0 aliphatic rings. The zero-order valence-corrected chi connectivity index (χ0v) is 30.5. The van der Waals surface area contributed by atoms with Gasteiger partial charge < -0.3 is 0 Å². The summed E-state index contributed by atoms with van der Waals surface area (Å²) in [6.07, 6.45) is 1.40. The third kappa shape index (κ3) is 7.52. The molecule has 0 N–H and O–H groups in total. The molecule has 0 radical (unpaired) electrons. The molecule has 0 bridgehead atoms. The molecule has 0 unspecified atom stereocenters. The van der Waals surface area contributed by atoms with Crippen LogP contribution in [0, 0.1) is 46.5 Å². The summed E-state index contributed by atoms with van der Waals surface area (Å²) >= 11 is 0. The van der Waals surface area contributed by atoms with Crippen LogP contribution in [0.5, 0.6) is 0 Å². The fourth-order valence-corrected chi connectivity index (χ4v) is 6.72. The molecule has 0 spiro atoms. The molecule has 2 aromatic heterocycles. The summed E-state index contributed by atoms with van der Waals surface area (Å²) < 4.78 is 124. The molecule has 290 valence electrons. The van der Waals surface area contributed by atoms with Gasteiger partial charge in [-0.2, -0.15) is 0 Å². The molecule has 7 aromatic rings. The fourth-order valence-electron chi connectivity index (χ4n) is 6.72. The average Bonchev–Trinajstić information content (AvgIpc) is 3.23. The van der Waals surface area contributed by atoms with E-state index in [0.29, 0.717) is 22.3 Å². The van der Waals surface area contributed by atoms with E-state index in [2.05, 4.69) is 9.97 Å². The second-order valence-corrected chi connectivity index (χ2v) is 13.5. The summed E-state index contributed by atoms with van der Waals surface area (Å²) in [6, 6.07) is 23.2. The summed E-state index contributed by atoms with van der Waals surface area (Å²) in [4.78, 5) is 31.2. The highest BCUT2D eigenvalue weighted by molar-refractivity contribution is 5.92. The van der Waals surface area contributed by atoms with Gasteiger partial charge in [-0.05, 0) is 87.0 Å². The van der Waals surface area contributed by atoms with Crippen molar-refractivity contribution in [2.24, 2.45) is 0 Å². The van der Waals surface area contributed by atoms with E-state index in [1.807, 2.05) is 0 Å².